The normalized spacial score (nSPS) is 10.7. The number of benzene rings is 1. The summed E-state index contributed by atoms with van der Waals surface area (Å²) in [6, 6.07) is 8.56. The van der Waals surface area contributed by atoms with Crippen LogP contribution in [0.15, 0.2) is 56.7 Å². The molecular weight excluding hydrogens is 461 g/mol. The number of hydrogen-bond donors (Lipinski definition) is 1. The van der Waals surface area contributed by atoms with Crippen LogP contribution in [-0.2, 0) is 0 Å². The van der Waals surface area contributed by atoms with Crippen LogP contribution in [0.25, 0.3) is 0 Å². The van der Waals surface area contributed by atoms with Gasteiger partial charge in [-0.1, -0.05) is 35.0 Å². The van der Waals surface area contributed by atoms with Gasteiger partial charge >= 0.3 is 0 Å². The highest BCUT2D eigenvalue weighted by Crippen LogP contribution is 2.45. The Hall–Kier alpha value is -1.78. The number of aromatic nitrogens is 1. The number of nitrogens with one attached hydrogen (secondary N) is 1. The van der Waals surface area contributed by atoms with E-state index in [2.05, 4.69) is 10.3 Å². The van der Waals surface area contributed by atoms with Gasteiger partial charge in [0.25, 0.3) is 11.6 Å². The standard InChI is InChI=1S/C17H11Cl2N3O3S3/c1-26-10-4-2-9(3-5-10)21-16(23)14-6-13(22(24)25)17(27-14)28-15-11(18)7-20-8-12(15)19/h2-8H,1H3,(H,21,23). The van der Waals surface area contributed by atoms with Gasteiger partial charge in [-0.25, -0.2) is 0 Å². The van der Waals surface area contributed by atoms with Crippen LogP contribution >= 0.6 is 58.1 Å². The molecule has 28 heavy (non-hydrogen) atoms. The predicted molar refractivity (Wildman–Crippen MR) is 116 cm³/mol. The lowest BCUT2D eigenvalue weighted by molar-refractivity contribution is -0.387. The predicted octanol–water partition coefficient (Wildman–Crippen LogP) is 6.48. The number of thiophene rings is 1. The van der Waals surface area contributed by atoms with Crippen molar-refractivity contribution in [2.75, 3.05) is 11.6 Å². The summed E-state index contributed by atoms with van der Waals surface area (Å²) in [5.74, 6) is -0.427. The van der Waals surface area contributed by atoms with Crippen molar-refractivity contribution in [3.8, 4) is 0 Å². The van der Waals surface area contributed by atoms with Gasteiger partial charge in [0, 0.05) is 29.0 Å². The maximum atomic E-state index is 12.5. The Morgan fingerprint density at radius 3 is 2.43 bits per heavy atom. The van der Waals surface area contributed by atoms with Gasteiger partial charge in [-0.05, 0) is 30.5 Å². The minimum Gasteiger partial charge on any atom is -0.321 e. The molecule has 0 aliphatic rings. The molecule has 1 aromatic carbocycles. The lowest BCUT2D eigenvalue weighted by atomic mass is 10.3. The summed E-state index contributed by atoms with van der Waals surface area (Å²) in [4.78, 5) is 29.0. The third kappa shape index (κ3) is 4.79. The van der Waals surface area contributed by atoms with Gasteiger partial charge in [0.05, 0.1) is 19.9 Å². The van der Waals surface area contributed by atoms with Gasteiger partial charge in [0.15, 0.2) is 0 Å². The Labute approximate surface area is 182 Å². The first-order chi connectivity index (χ1) is 13.4. The van der Waals surface area contributed by atoms with Crippen LogP contribution in [0, 0.1) is 10.1 Å². The molecule has 0 aliphatic carbocycles. The first-order valence-corrected chi connectivity index (χ1v) is 11.2. The Balaban J connectivity index is 1.87. The number of thioether (sulfide) groups is 1. The lowest BCUT2D eigenvalue weighted by Gasteiger charge is -2.04. The third-order valence-electron chi connectivity index (χ3n) is 3.45. The molecule has 0 aliphatic heterocycles. The molecule has 0 bridgehead atoms. The zero-order chi connectivity index (χ0) is 20.3. The number of pyridine rings is 1. The molecule has 11 heteroatoms. The zero-order valence-electron chi connectivity index (χ0n) is 14.1. The maximum absolute atomic E-state index is 12.5. The van der Waals surface area contributed by atoms with Gasteiger partial charge in [-0.2, -0.15) is 0 Å². The number of rotatable bonds is 6. The average molecular weight is 472 g/mol. The quantitative estimate of drug-likeness (QED) is 0.251. The van der Waals surface area contributed by atoms with Crippen molar-refractivity contribution in [2.45, 2.75) is 14.0 Å². The zero-order valence-corrected chi connectivity index (χ0v) is 18.1. The molecule has 1 N–H and O–H groups in total. The second-order valence-corrected chi connectivity index (χ2v) is 9.28. The molecule has 0 radical (unpaired) electrons. The Kier molecular flexibility index (Phi) is 6.84. The molecule has 0 saturated heterocycles. The molecule has 0 atom stereocenters. The minimum atomic E-state index is -0.536. The number of halogens is 2. The van der Waals surface area contributed by atoms with Crippen LogP contribution in [0.3, 0.4) is 0 Å². The summed E-state index contributed by atoms with van der Waals surface area (Å²) in [5.41, 5.74) is 0.426. The fourth-order valence-electron chi connectivity index (χ4n) is 2.13. The van der Waals surface area contributed by atoms with Crippen LogP contribution in [0.1, 0.15) is 9.67 Å². The fourth-order valence-corrected chi connectivity index (χ4v) is 5.30. The lowest BCUT2D eigenvalue weighted by Crippen LogP contribution is -2.09. The summed E-state index contributed by atoms with van der Waals surface area (Å²) in [7, 11) is 0. The van der Waals surface area contributed by atoms with E-state index >= 15 is 0 Å². The van der Waals surface area contributed by atoms with Crippen molar-refractivity contribution in [1.82, 2.24) is 4.98 Å². The number of carbonyl (C=O) groups excluding carboxylic acids is 1. The van der Waals surface area contributed by atoms with Crippen molar-refractivity contribution < 1.29 is 9.72 Å². The molecule has 1 amide bonds. The number of nitro groups is 1. The van der Waals surface area contributed by atoms with E-state index in [1.807, 2.05) is 18.4 Å². The molecule has 6 nitrogen and oxygen atoms in total. The van der Waals surface area contributed by atoms with Crippen molar-refractivity contribution in [2.24, 2.45) is 0 Å². The third-order valence-corrected chi connectivity index (χ3v) is 7.45. The molecule has 2 aromatic heterocycles. The molecule has 2 heterocycles. The van der Waals surface area contributed by atoms with Gasteiger partial charge < -0.3 is 5.32 Å². The molecule has 3 aromatic rings. The Morgan fingerprint density at radius 2 is 1.86 bits per heavy atom. The van der Waals surface area contributed by atoms with E-state index in [9.17, 15) is 14.9 Å². The molecule has 144 valence electrons. The number of nitrogens with zero attached hydrogens (tertiary/aromatic N) is 2. The minimum absolute atomic E-state index is 0.179. The molecule has 0 fully saturated rings. The number of amides is 1. The summed E-state index contributed by atoms with van der Waals surface area (Å²) in [5, 5.41) is 14.7. The highest BCUT2D eigenvalue weighted by Gasteiger charge is 2.25. The first kappa shape index (κ1) is 20.9. The highest BCUT2D eigenvalue weighted by molar-refractivity contribution is 8.01. The monoisotopic (exact) mass is 471 g/mol. The van der Waals surface area contributed by atoms with Crippen LogP contribution in [0.5, 0.6) is 0 Å². The number of carbonyl (C=O) groups is 1. The Morgan fingerprint density at radius 1 is 1.21 bits per heavy atom. The molecule has 0 saturated carbocycles. The van der Waals surface area contributed by atoms with Gasteiger partial charge in [-0.15, -0.1) is 23.1 Å². The van der Waals surface area contributed by atoms with Crippen molar-refractivity contribution in [3.05, 3.63) is 67.8 Å². The van der Waals surface area contributed by atoms with E-state index in [-0.39, 0.29) is 20.6 Å². The molecule has 3 rings (SSSR count). The second kappa shape index (κ2) is 9.15. The number of anilines is 1. The van der Waals surface area contributed by atoms with Gasteiger partial charge in [-0.3, -0.25) is 19.9 Å². The van der Waals surface area contributed by atoms with Crippen molar-refractivity contribution in [1.29, 1.82) is 0 Å². The van der Waals surface area contributed by atoms with E-state index in [1.165, 1.54) is 18.5 Å². The molecule has 0 spiro atoms. The maximum Gasteiger partial charge on any atom is 0.294 e. The molecule has 0 unspecified atom stereocenters. The van der Waals surface area contributed by atoms with Gasteiger partial charge in [0.1, 0.15) is 9.09 Å². The number of hydrogen-bond acceptors (Lipinski definition) is 7. The van der Waals surface area contributed by atoms with Crippen LogP contribution in [-0.4, -0.2) is 22.1 Å². The van der Waals surface area contributed by atoms with Crippen molar-refractivity contribution in [3.63, 3.8) is 0 Å². The summed E-state index contributed by atoms with van der Waals surface area (Å²) in [6.45, 7) is 0. The van der Waals surface area contributed by atoms with E-state index in [1.54, 1.807) is 23.9 Å². The summed E-state index contributed by atoms with van der Waals surface area (Å²) >= 11 is 15.8. The second-order valence-electron chi connectivity index (χ2n) is 5.26. The van der Waals surface area contributed by atoms with Crippen LogP contribution in [0.4, 0.5) is 11.4 Å². The first-order valence-electron chi connectivity index (χ1n) is 7.59. The van der Waals surface area contributed by atoms with E-state index in [4.69, 9.17) is 23.2 Å². The summed E-state index contributed by atoms with van der Waals surface area (Å²) < 4.78 is 0.308. The average Bonchev–Trinajstić information content (AvgIpc) is 3.10. The largest absolute Gasteiger partial charge is 0.321 e. The van der Waals surface area contributed by atoms with Crippen molar-refractivity contribution >= 4 is 75.3 Å². The molecular formula is C17H11Cl2N3O3S3. The van der Waals surface area contributed by atoms with Crippen LogP contribution in [0.2, 0.25) is 10.0 Å². The SMILES string of the molecule is CSc1ccc(NC(=O)c2cc([N+](=O)[O-])c(Sc3c(Cl)cncc3Cl)s2)cc1. The summed E-state index contributed by atoms with van der Waals surface area (Å²) in [6.07, 6.45) is 4.76. The van der Waals surface area contributed by atoms with Crippen LogP contribution < -0.4 is 5.32 Å². The fraction of sp³-hybridized carbons (Fsp3) is 0.0588. The smallest absolute Gasteiger partial charge is 0.294 e. The Bertz CT molecular complexity index is 1020. The highest BCUT2D eigenvalue weighted by atomic mass is 35.5. The van der Waals surface area contributed by atoms with E-state index in [0.717, 1.165) is 28.0 Å². The van der Waals surface area contributed by atoms with E-state index < -0.39 is 10.8 Å². The van der Waals surface area contributed by atoms with Gasteiger partial charge in [0.2, 0.25) is 0 Å². The topological polar surface area (TPSA) is 85.1 Å². The van der Waals surface area contributed by atoms with E-state index in [0.29, 0.717) is 14.8 Å².